The number of rotatable bonds is 51. The zero-order valence-corrected chi connectivity index (χ0v) is 45.1. The van der Waals surface area contributed by atoms with Gasteiger partial charge in [-0.2, -0.15) is 0 Å². The lowest BCUT2D eigenvalue weighted by atomic mass is 9.62. The Hall–Kier alpha value is 0.720. The Morgan fingerprint density at radius 3 is 0.700 bits per heavy atom. The van der Waals surface area contributed by atoms with E-state index in [4.69, 9.17) is 11.2 Å². The summed E-state index contributed by atoms with van der Waals surface area (Å²) in [6.07, 6.45) is 70.1. The quantitative estimate of drug-likeness (QED) is 0.0422. The molecule has 0 rings (SSSR count). The molecule has 0 amide bonds. The number of hydrogen-bond donors (Lipinski definition) is 0. The predicted molar refractivity (Wildman–Crippen MR) is 284 cm³/mol. The minimum Gasteiger partial charge on any atom is -0.0654 e. The molecule has 0 aromatic heterocycles. The van der Waals surface area contributed by atoms with Gasteiger partial charge in [0.1, 0.15) is 11.8 Å². The molecule has 362 valence electrons. The van der Waals surface area contributed by atoms with Gasteiger partial charge in [-0.3, -0.25) is 0 Å². The van der Waals surface area contributed by atoms with Crippen LogP contribution in [-0.2, 0) is 0 Å². The monoisotopic (exact) mass is 882 g/mol. The van der Waals surface area contributed by atoms with Crippen LogP contribution in [0.3, 0.4) is 0 Å². The molecule has 60 heavy (non-hydrogen) atoms. The molecule has 0 N–H and O–H groups in total. The zero-order valence-electron chi connectivity index (χ0n) is 43.5. The molecule has 0 aliphatic carbocycles. The van der Waals surface area contributed by atoms with Crippen molar-refractivity contribution in [2.45, 2.75) is 355 Å². The summed E-state index contributed by atoms with van der Waals surface area (Å²) in [5.74, 6) is 0. The number of hydrogen-bond acceptors (Lipinski definition) is 0. The smallest absolute Gasteiger partial charge is 0.0654 e. The van der Waals surface area contributed by atoms with E-state index < -0.39 is 6.62 Å². The van der Waals surface area contributed by atoms with Crippen molar-refractivity contribution in [1.82, 2.24) is 0 Å². The van der Waals surface area contributed by atoms with E-state index in [2.05, 4.69) is 48.5 Å². The van der Waals surface area contributed by atoms with Crippen molar-refractivity contribution in [2.24, 2.45) is 5.41 Å². The molecule has 0 bridgehead atoms. The second kappa shape index (κ2) is 44.9. The van der Waals surface area contributed by atoms with Crippen LogP contribution in [0.15, 0.2) is 0 Å². The molecule has 0 aromatic carbocycles. The van der Waals surface area contributed by atoms with Crippen LogP contribution >= 0.6 is 17.9 Å². The van der Waals surface area contributed by atoms with E-state index in [-0.39, 0.29) is 0 Å². The summed E-state index contributed by atoms with van der Waals surface area (Å²) in [6.45, 7) is 15.0. The highest BCUT2D eigenvalue weighted by Gasteiger charge is 2.65. The SMILES string of the molecule is CCCCCCCCCCC(CCCC)(CCCCCCCCCC)C(CCCCCCCCCC)(CCCCCCCCCC)[P+](Cl)(CCCCCC)CCCCCC. The van der Waals surface area contributed by atoms with Crippen LogP contribution in [-0.4, -0.2) is 17.5 Å². The van der Waals surface area contributed by atoms with Gasteiger partial charge in [-0.15, -0.1) is 0 Å². The second-order valence-electron chi connectivity index (χ2n) is 20.7. The summed E-state index contributed by atoms with van der Waals surface area (Å²) in [5.41, 5.74) is 0.431. The maximum atomic E-state index is 9.01. The predicted octanol–water partition coefficient (Wildman–Crippen LogP) is 23.4. The molecule has 0 aliphatic rings. The summed E-state index contributed by atoms with van der Waals surface area (Å²) in [4.78, 5) is 0. The topological polar surface area (TPSA) is 0 Å². The normalized spacial score (nSPS) is 12.6. The van der Waals surface area contributed by atoms with Gasteiger partial charge in [-0.05, 0) is 70.6 Å². The fourth-order valence-corrected chi connectivity index (χ4v) is 18.1. The van der Waals surface area contributed by atoms with Gasteiger partial charge >= 0.3 is 0 Å². The standard InChI is InChI=1S/C58H119ClP/c1-8-15-22-28-32-36-40-44-51-57(50-21-14-7,52-45-41-37-33-29-23-16-9-2)58(53-46-42-38-34-30-24-17-10-3,54-47-43-39-35-31-25-18-11-4)60(59,55-48-26-19-12-5)56-49-27-20-13-6/h8-56H2,1-7H3/q+1. The van der Waals surface area contributed by atoms with Gasteiger partial charge < -0.3 is 0 Å². The molecular formula is C58H119ClP+. The van der Waals surface area contributed by atoms with E-state index in [1.54, 1.807) is 0 Å². The molecule has 0 atom stereocenters. The summed E-state index contributed by atoms with van der Waals surface area (Å²) >= 11 is 9.01. The molecule has 2 heteroatoms. The third-order valence-electron chi connectivity index (χ3n) is 15.4. The first kappa shape index (κ1) is 60.7. The third kappa shape index (κ3) is 29.3. The van der Waals surface area contributed by atoms with Gasteiger partial charge in [0.15, 0.2) is 0 Å². The Morgan fingerprint density at radius 1 is 0.233 bits per heavy atom. The molecule has 0 radical (unpaired) electrons. The van der Waals surface area contributed by atoms with Crippen molar-refractivity contribution in [3.05, 3.63) is 0 Å². The van der Waals surface area contributed by atoms with E-state index in [1.807, 2.05) is 0 Å². The average molecular weight is 883 g/mol. The molecule has 0 aliphatic heterocycles. The van der Waals surface area contributed by atoms with E-state index in [0.29, 0.717) is 10.6 Å². The summed E-state index contributed by atoms with van der Waals surface area (Å²) < 4.78 is 0. The van der Waals surface area contributed by atoms with Crippen LogP contribution < -0.4 is 0 Å². The van der Waals surface area contributed by atoms with E-state index >= 15 is 0 Å². The maximum absolute atomic E-state index is 9.01. The lowest BCUT2D eigenvalue weighted by Gasteiger charge is -2.55. The van der Waals surface area contributed by atoms with Crippen LogP contribution in [0.4, 0.5) is 0 Å². The van der Waals surface area contributed by atoms with Gasteiger partial charge in [0.2, 0.25) is 0 Å². The van der Waals surface area contributed by atoms with E-state index in [9.17, 15) is 0 Å². The Morgan fingerprint density at radius 2 is 0.433 bits per heavy atom. The maximum Gasteiger partial charge on any atom is 0.120 e. The highest BCUT2D eigenvalue weighted by atomic mass is 35.7. The molecule has 0 spiro atoms. The second-order valence-corrected chi connectivity index (χ2v) is 26.2. The van der Waals surface area contributed by atoms with E-state index in [0.717, 1.165) is 0 Å². The van der Waals surface area contributed by atoms with Crippen molar-refractivity contribution >= 4 is 17.9 Å². The minimum atomic E-state index is -1.77. The minimum absolute atomic E-state index is 0.363. The number of halogens is 1. The third-order valence-corrected chi connectivity index (χ3v) is 21.9. The number of unbranched alkanes of at least 4 members (excludes halogenated alkanes) is 35. The molecular weight excluding hydrogens is 763 g/mol. The van der Waals surface area contributed by atoms with Gasteiger partial charge in [-0.1, -0.05) is 280 Å². The lowest BCUT2D eigenvalue weighted by molar-refractivity contribution is 0.104. The van der Waals surface area contributed by atoms with Crippen molar-refractivity contribution in [2.75, 3.05) is 12.3 Å². The van der Waals surface area contributed by atoms with Gasteiger partial charge in [0, 0.05) is 5.41 Å². The Balaban J connectivity index is 7.21. The van der Waals surface area contributed by atoms with Crippen LogP contribution in [0.5, 0.6) is 0 Å². The van der Waals surface area contributed by atoms with Crippen LogP contribution in [0.1, 0.15) is 350 Å². The summed E-state index contributed by atoms with van der Waals surface area (Å²) in [7, 11) is 0. The molecule has 0 heterocycles. The first-order valence-corrected chi connectivity index (χ1v) is 32.1. The molecule has 0 saturated carbocycles. The first-order chi connectivity index (χ1) is 29.4. The average Bonchev–Trinajstić information content (AvgIpc) is 3.25. The van der Waals surface area contributed by atoms with Crippen LogP contribution in [0.2, 0.25) is 0 Å². The molecule has 0 fully saturated rings. The van der Waals surface area contributed by atoms with Crippen molar-refractivity contribution in [1.29, 1.82) is 0 Å². The molecule has 0 aromatic rings. The molecule has 0 unspecified atom stereocenters. The van der Waals surface area contributed by atoms with Crippen molar-refractivity contribution in [3.63, 3.8) is 0 Å². The summed E-state index contributed by atoms with van der Waals surface area (Å²) in [5, 5.41) is 0.363. The van der Waals surface area contributed by atoms with Gasteiger partial charge in [-0.25, -0.2) is 0 Å². The van der Waals surface area contributed by atoms with Gasteiger partial charge in [0.25, 0.3) is 0 Å². The van der Waals surface area contributed by atoms with E-state index in [1.165, 1.54) is 314 Å². The Kier molecular flexibility index (Phi) is 45.4. The highest BCUT2D eigenvalue weighted by Crippen LogP contribution is 2.82. The van der Waals surface area contributed by atoms with Crippen molar-refractivity contribution in [3.8, 4) is 0 Å². The summed E-state index contributed by atoms with van der Waals surface area (Å²) in [6, 6.07) is 0. The first-order valence-electron chi connectivity index (χ1n) is 29.0. The van der Waals surface area contributed by atoms with Crippen molar-refractivity contribution < 1.29 is 0 Å². The highest BCUT2D eigenvalue weighted by molar-refractivity contribution is 8.00. The Bertz CT molecular complexity index is 770. The largest absolute Gasteiger partial charge is 0.120 e. The van der Waals surface area contributed by atoms with Gasteiger partial charge in [0.05, 0.1) is 23.6 Å². The van der Waals surface area contributed by atoms with Crippen LogP contribution in [0.25, 0.3) is 0 Å². The molecule has 0 nitrogen and oxygen atoms in total. The Labute approximate surface area is 389 Å². The van der Waals surface area contributed by atoms with Crippen LogP contribution in [0, 0.1) is 5.41 Å². The zero-order chi connectivity index (χ0) is 44.1. The fraction of sp³-hybridized carbons (Fsp3) is 1.00. The fourth-order valence-electron chi connectivity index (χ4n) is 11.5. The lowest BCUT2D eigenvalue weighted by Crippen LogP contribution is -2.50. The molecule has 0 saturated heterocycles.